The minimum absolute atomic E-state index is 0.0220. The van der Waals surface area contributed by atoms with Gasteiger partial charge < -0.3 is 10.1 Å². The van der Waals surface area contributed by atoms with Crippen LogP contribution in [0.2, 0.25) is 5.02 Å². The molecular weight excluding hydrogens is 394 g/mol. The van der Waals surface area contributed by atoms with Crippen molar-refractivity contribution in [1.82, 2.24) is 5.32 Å². The van der Waals surface area contributed by atoms with Crippen molar-refractivity contribution < 1.29 is 23.9 Å². The molecule has 0 fully saturated rings. The molecule has 7 heteroatoms. The molecule has 0 spiro atoms. The van der Waals surface area contributed by atoms with Gasteiger partial charge in [0.1, 0.15) is 0 Å². The number of rotatable bonds is 6. The fourth-order valence-electron chi connectivity index (χ4n) is 3.06. The van der Waals surface area contributed by atoms with Gasteiger partial charge in [0.05, 0.1) is 16.1 Å². The summed E-state index contributed by atoms with van der Waals surface area (Å²) < 4.78 is 5.02. The molecule has 2 aromatic carbocycles. The molecule has 0 aromatic heterocycles. The molecule has 2 aromatic rings. The number of amides is 1. The van der Waals surface area contributed by atoms with Gasteiger partial charge in [-0.2, -0.15) is 0 Å². The molecule has 29 heavy (non-hydrogen) atoms. The summed E-state index contributed by atoms with van der Waals surface area (Å²) in [6.45, 7) is 4.10. The summed E-state index contributed by atoms with van der Waals surface area (Å²) in [5.41, 5.74) is 0.588. The molecule has 3 rings (SSSR count). The zero-order chi connectivity index (χ0) is 21.1. The van der Waals surface area contributed by atoms with Crippen LogP contribution in [0.1, 0.15) is 62.5 Å². The van der Waals surface area contributed by atoms with Gasteiger partial charge in [0.15, 0.2) is 18.2 Å². The van der Waals surface area contributed by atoms with E-state index in [1.807, 2.05) is 13.8 Å². The summed E-state index contributed by atoms with van der Waals surface area (Å²) in [6.07, 6.45) is 0.813. The largest absolute Gasteiger partial charge is 0.452 e. The van der Waals surface area contributed by atoms with Crippen LogP contribution in [0.15, 0.2) is 36.4 Å². The predicted molar refractivity (Wildman–Crippen MR) is 108 cm³/mol. The van der Waals surface area contributed by atoms with Crippen LogP contribution in [-0.2, 0) is 9.53 Å². The average Bonchev–Trinajstić information content (AvgIpc) is 2.69. The van der Waals surface area contributed by atoms with Crippen LogP contribution in [-0.4, -0.2) is 36.6 Å². The third-order valence-corrected chi connectivity index (χ3v) is 5.02. The van der Waals surface area contributed by atoms with E-state index in [0.29, 0.717) is 18.0 Å². The molecule has 0 unspecified atom stereocenters. The van der Waals surface area contributed by atoms with Crippen LogP contribution in [0.4, 0.5) is 0 Å². The van der Waals surface area contributed by atoms with E-state index in [1.54, 1.807) is 24.3 Å². The molecule has 0 bridgehead atoms. The molecule has 0 saturated carbocycles. The lowest BCUT2D eigenvalue weighted by Gasteiger charge is -2.19. The first-order chi connectivity index (χ1) is 13.8. The first-order valence-electron chi connectivity index (χ1n) is 9.26. The Morgan fingerprint density at radius 2 is 1.66 bits per heavy atom. The van der Waals surface area contributed by atoms with Crippen molar-refractivity contribution in [3.63, 3.8) is 0 Å². The van der Waals surface area contributed by atoms with Crippen molar-refractivity contribution in [2.45, 2.75) is 20.3 Å². The fourth-order valence-corrected chi connectivity index (χ4v) is 3.39. The second kappa shape index (κ2) is 8.57. The molecule has 1 aliphatic carbocycles. The van der Waals surface area contributed by atoms with Gasteiger partial charge in [0.25, 0.3) is 5.91 Å². The number of benzene rings is 2. The zero-order valence-electron chi connectivity index (χ0n) is 16.1. The number of nitrogens with one attached hydrogen (secondary N) is 1. The first-order valence-corrected chi connectivity index (χ1v) is 9.63. The van der Waals surface area contributed by atoms with Crippen LogP contribution in [0.5, 0.6) is 0 Å². The second-order valence-corrected chi connectivity index (χ2v) is 7.54. The summed E-state index contributed by atoms with van der Waals surface area (Å²) in [4.78, 5) is 49.7. The molecule has 1 N–H and O–H groups in total. The van der Waals surface area contributed by atoms with Crippen LogP contribution in [0, 0.1) is 5.92 Å². The van der Waals surface area contributed by atoms with Crippen molar-refractivity contribution >= 4 is 35.0 Å². The Morgan fingerprint density at radius 1 is 1.00 bits per heavy atom. The van der Waals surface area contributed by atoms with Crippen molar-refractivity contribution in [1.29, 1.82) is 0 Å². The Balaban J connectivity index is 1.77. The number of carbonyl (C=O) groups is 4. The average molecular weight is 414 g/mol. The van der Waals surface area contributed by atoms with E-state index in [4.69, 9.17) is 16.3 Å². The number of carbonyl (C=O) groups excluding carboxylic acids is 4. The van der Waals surface area contributed by atoms with E-state index in [-0.39, 0.29) is 33.1 Å². The summed E-state index contributed by atoms with van der Waals surface area (Å²) in [5.74, 6) is -1.58. The maximum absolute atomic E-state index is 12.8. The van der Waals surface area contributed by atoms with Crippen molar-refractivity contribution in [3.8, 4) is 0 Å². The Labute approximate surface area is 173 Å². The van der Waals surface area contributed by atoms with E-state index in [2.05, 4.69) is 5.32 Å². The number of ketones is 2. The van der Waals surface area contributed by atoms with Gasteiger partial charge in [-0.25, -0.2) is 4.79 Å². The highest BCUT2D eigenvalue weighted by Gasteiger charge is 2.33. The number of esters is 1. The summed E-state index contributed by atoms with van der Waals surface area (Å²) in [5, 5.41) is 2.51. The third kappa shape index (κ3) is 4.22. The van der Waals surface area contributed by atoms with Crippen LogP contribution in [0.25, 0.3) is 0 Å². The van der Waals surface area contributed by atoms with Crippen LogP contribution >= 0.6 is 11.6 Å². The molecule has 150 valence electrons. The molecule has 0 radical (unpaired) electrons. The maximum atomic E-state index is 12.8. The predicted octanol–water partition coefficient (Wildman–Crippen LogP) is 3.43. The molecule has 0 aliphatic heterocycles. The lowest BCUT2D eigenvalue weighted by Crippen LogP contribution is -2.30. The molecule has 6 nitrogen and oxygen atoms in total. The highest BCUT2D eigenvalue weighted by Crippen LogP contribution is 2.34. The second-order valence-electron chi connectivity index (χ2n) is 7.16. The highest BCUT2D eigenvalue weighted by molar-refractivity contribution is 6.41. The lowest BCUT2D eigenvalue weighted by molar-refractivity contribution is -0.124. The molecule has 0 atom stereocenters. The van der Waals surface area contributed by atoms with E-state index in [1.165, 1.54) is 12.1 Å². The molecule has 1 amide bonds. The van der Waals surface area contributed by atoms with Crippen molar-refractivity contribution in [2.75, 3.05) is 13.2 Å². The minimum Gasteiger partial charge on any atom is -0.452 e. The van der Waals surface area contributed by atoms with Crippen molar-refractivity contribution in [2.24, 2.45) is 5.92 Å². The Morgan fingerprint density at radius 3 is 2.31 bits per heavy atom. The van der Waals surface area contributed by atoms with Gasteiger partial charge in [-0.1, -0.05) is 49.7 Å². The Bertz CT molecular complexity index is 1010. The first kappa shape index (κ1) is 20.7. The number of fused-ring (bicyclic) bond motifs is 2. The standard InChI is InChI=1S/C22H20ClNO5/c1-12(2)9-10-24-17(25)11-29-22(28)16-8-7-15-18(19(16)23)21(27)14-6-4-3-5-13(14)20(15)26/h3-8,12H,9-11H2,1-2H3,(H,24,25). The Kier molecular flexibility index (Phi) is 6.13. The molecule has 0 heterocycles. The summed E-state index contributed by atoms with van der Waals surface area (Å²) in [7, 11) is 0. The van der Waals surface area contributed by atoms with Crippen molar-refractivity contribution in [3.05, 3.63) is 69.2 Å². The number of halogens is 1. The normalized spacial score (nSPS) is 12.4. The van der Waals surface area contributed by atoms with Crippen LogP contribution in [0.3, 0.4) is 0 Å². The van der Waals surface area contributed by atoms with Gasteiger partial charge in [-0.15, -0.1) is 0 Å². The van der Waals surface area contributed by atoms with E-state index in [0.717, 1.165) is 6.42 Å². The highest BCUT2D eigenvalue weighted by atomic mass is 35.5. The van der Waals surface area contributed by atoms with Crippen LogP contribution < -0.4 is 5.32 Å². The zero-order valence-corrected chi connectivity index (χ0v) is 16.8. The maximum Gasteiger partial charge on any atom is 0.340 e. The number of hydrogen-bond acceptors (Lipinski definition) is 5. The number of hydrogen-bond donors (Lipinski definition) is 1. The SMILES string of the molecule is CC(C)CCNC(=O)COC(=O)c1ccc2c(c1Cl)C(=O)c1ccccc1C2=O. The van der Waals surface area contributed by atoms with Gasteiger partial charge in [0, 0.05) is 23.2 Å². The molecule has 1 aliphatic rings. The summed E-state index contributed by atoms with van der Waals surface area (Å²) in [6, 6.07) is 9.16. The topological polar surface area (TPSA) is 89.5 Å². The van der Waals surface area contributed by atoms with Gasteiger partial charge in [-0.3, -0.25) is 14.4 Å². The smallest absolute Gasteiger partial charge is 0.340 e. The van der Waals surface area contributed by atoms with E-state index < -0.39 is 24.3 Å². The third-order valence-electron chi connectivity index (χ3n) is 4.63. The monoisotopic (exact) mass is 413 g/mol. The fraction of sp³-hybridized carbons (Fsp3) is 0.273. The molecule has 0 saturated heterocycles. The number of ether oxygens (including phenoxy) is 1. The quantitative estimate of drug-likeness (QED) is 0.625. The lowest BCUT2D eigenvalue weighted by atomic mass is 9.83. The van der Waals surface area contributed by atoms with E-state index >= 15 is 0 Å². The minimum atomic E-state index is -0.837. The Hall–Kier alpha value is -2.99. The van der Waals surface area contributed by atoms with Gasteiger partial charge >= 0.3 is 5.97 Å². The molecular formula is C22H20ClNO5. The van der Waals surface area contributed by atoms with Gasteiger partial charge in [0.2, 0.25) is 0 Å². The summed E-state index contributed by atoms with van der Waals surface area (Å²) >= 11 is 6.31. The van der Waals surface area contributed by atoms with E-state index in [9.17, 15) is 19.2 Å². The van der Waals surface area contributed by atoms with Gasteiger partial charge in [-0.05, 0) is 24.5 Å².